The Bertz CT molecular complexity index is 4120. The number of nitrogens with zero attached hydrogens (tertiary/aromatic N) is 2. The Morgan fingerprint density at radius 1 is 0.662 bits per heavy atom. The normalized spacial score (nSPS) is 15.2. The molecular weight excluding hydrogens is 866 g/mol. The van der Waals surface area contributed by atoms with Gasteiger partial charge in [0.05, 0.1) is 5.52 Å². The maximum atomic E-state index is 6.69. The smallest absolute Gasteiger partial charge is 0.227 e. The van der Waals surface area contributed by atoms with Gasteiger partial charge in [0, 0.05) is 90.9 Å². The van der Waals surface area contributed by atoms with E-state index in [1.165, 1.54) is 107 Å². The van der Waals surface area contributed by atoms with Gasteiger partial charge in [-0.1, -0.05) is 121 Å². The number of anilines is 2. The van der Waals surface area contributed by atoms with Gasteiger partial charge < -0.3 is 14.3 Å². The van der Waals surface area contributed by atoms with Crippen LogP contribution < -0.4 is 16.2 Å². The second kappa shape index (κ2) is 14.0. The zero-order valence-electron chi connectivity index (χ0n) is 39.5. The van der Waals surface area contributed by atoms with Crippen LogP contribution in [0.15, 0.2) is 144 Å². The fourth-order valence-corrected chi connectivity index (χ4v) is 14.3. The van der Waals surface area contributed by atoms with E-state index in [1.54, 1.807) is 0 Å². The predicted octanol–water partition coefficient (Wildman–Crippen LogP) is 16.1. The van der Waals surface area contributed by atoms with Gasteiger partial charge in [0.25, 0.3) is 0 Å². The first kappa shape index (κ1) is 40.4. The number of oxazole rings is 1. The molecule has 0 saturated heterocycles. The molecule has 0 atom stereocenters. The molecule has 0 radical (unpaired) electrons. The van der Waals surface area contributed by atoms with E-state index >= 15 is 0 Å². The molecule has 68 heavy (non-hydrogen) atoms. The number of thiophene rings is 2. The third-order valence-electron chi connectivity index (χ3n) is 15.6. The molecule has 0 saturated carbocycles. The Morgan fingerprint density at radius 3 is 2.10 bits per heavy atom. The lowest BCUT2D eigenvalue weighted by Gasteiger charge is -2.42. The van der Waals surface area contributed by atoms with Crippen LogP contribution in [0.3, 0.4) is 0 Å². The lowest BCUT2D eigenvalue weighted by atomic mass is 9.58. The maximum absolute atomic E-state index is 6.69. The molecule has 7 heteroatoms. The van der Waals surface area contributed by atoms with E-state index in [2.05, 4.69) is 192 Å². The number of nitrogens with one attached hydrogen (secondary N) is 1. The van der Waals surface area contributed by atoms with Crippen LogP contribution >= 0.6 is 22.7 Å². The van der Waals surface area contributed by atoms with Crippen molar-refractivity contribution in [3.63, 3.8) is 0 Å². The van der Waals surface area contributed by atoms with E-state index in [1.807, 2.05) is 28.7 Å². The van der Waals surface area contributed by atoms with Crippen LogP contribution in [0.25, 0.3) is 102 Å². The maximum Gasteiger partial charge on any atom is 0.227 e. The van der Waals surface area contributed by atoms with E-state index in [-0.39, 0.29) is 16.2 Å². The topological polar surface area (TPSA) is 43.0 Å². The van der Waals surface area contributed by atoms with E-state index in [0.29, 0.717) is 5.89 Å². The standard InChI is InChI=1S/C61H50BN3OS2/c1-59(2,3)34-21-23-35(24-22-34)63-44-31-51-38(36-17-11-13-19-49(36)67-51)27-39(44)54-55-56-52(53-37-18-12-14-20-50(37)68-57(53)54)40-28-41-42(61(6,7)26-25-60(41,4)5)29-46(40)65(56)47-32-48-45(30-43(47)62-55)64-58(66-48)33-15-9-8-10-16-33/h8-24,27-32,62-63H,25-26H2,1-7H3. The van der Waals surface area contributed by atoms with Crippen molar-refractivity contribution in [3.8, 4) is 28.3 Å². The van der Waals surface area contributed by atoms with Crippen LogP contribution in [-0.2, 0) is 16.2 Å². The molecule has 0 fully saturated rings. The summed E-state index contributed by atoms with van der Waals surface area (Å²) in [6.07, 6.45) is 2.31. The second-order valence-electron chi connectivity index (χ2n) is 21.9. The fraction of sp³-hybridized carbons (Fsp3) is 0.197. The monoisotopic (exact) mass is 915 g/mol. The summed E-state index contributed by atoms with van der Waals surface area (Å²) < 4.78 is 14.6. The summed E-state index contributed by atoms with van der Waals surface area (Å²) in [6, 6.07) is 52.2. The zero-order chi connectivity index (χ0) is 46.0. The van der Waals surface area contributed by atoms with Crippen molar-refractivity contribution in [1.29, 1.82) is 0 Å². The summed E-state index contributed by atoms with van der Waals surface area (Å²) in [5, 5.41) is 12.0. The summed E-state index contributed by atoms with van der Waals surface area (Å²) in [6.45, 7) is 16.7. The number of benzene rings is 8. The van der Waals surface area contributed by atoms with E-state index < -0.39 is 0 Å². The molecule has 4 aromatic heterocycles. The zero-order valence-corrected chi connectivity index (χ0v) is 41.2. The Balaban J connectivity index is 1.15. The number of hydrogen-bond acceptors (Lipinski definition) is 5. The van der Waals surface area contributed by atoms with Gasteiger partial charge >= 0.3 is 0 Å². The molecule has 0 spiro atoms. The second-order valence-corrected chi connectivity index (χ2v) is 24.0. The third-order valence-corrected chi connectivity index (χ3v) is 18.0. The van der Waals surface area contributed by atoms with Gasteiger partial charge in [-0.05, 0) is 124 Å². The highest BCUT2D eigenvalue weighted by Gasteiger charge is 2.39. The predicted molar refractivity (Wildman–Crippen MR) is 295 cm³/mol. The van der Waals surface area contributed by atoms with E-state index in [0.717, 1.165) is 48.2 Å². The van der Waals surface area contributed by atoms with Gasteiger partial charge in [0.15, 0.2) is 12.9 Å². The Morgan fingerprint density at radius 2 is 1.35 bits per heavy atom. The molecule has 12 aromatic rings. The van der Waals surface area contributed by atoms with Crippen LogP contribution in [0.5, 0.6) is 0 Å². The Hall–Kier alpha value is -6.67. The molecule has 2 aliphatic rings. The van der Waals surface area contributed by atoms with Crippen molar-refractivity contribution in [2.24, 2.45) is 0 Å². The molecular formula is C61H50BN3OS2. The van der Waals surface area contributed by atoms with Crippen molar-refractivity contribution in [2.45, 2.75) is 77.6 Å². The van der Waals surface area contributed by atoms with Crippen molar-refractivity contribution >= 4 is 126 Å². The van der Waals surface area contributed by atoms with Gasteiger partial charge in [-0.15, -0.1) is 22.7 Å². The lowest BCUT2D eigenvalue weighted by Crippen LogP contribution is -2.37. The van der Waals surface area contributed by atoms with Crippen LogP contribution in [0.2, 0.25) is 0 Å². The summed E-state index contributed by atoms with van der Waals surface area (Å²) in [4.78, 5) is 5.15. The molecule has 0 bridgehead atoms. The van der Waals surface area contributed by atoms with Crippen LogP contribution in [0, 0.1) is 0 Å². The molecule has 0 unspecified atom stereocenters. The van der Waals surface area contributed by atoms with Crippen LogP contribution in [-0.4, -0.2) is 16.8 Å². The van der Waals surface area contributed by atoms with Gasteiger partial charge in [-0.2, -0.15) is 0 Å². The summed E-state index contributed by atoms with van der Waals surface area (Å²) in [5.74, 6) is 0.649. The first-order chi connectivity index (χ1) is 32.8. The van der Waals surface area contributed by atoms with E-state index in [4.69, 9.17) is 9.40 Å². The molecule has 0 amide bonds. The SMILES string of the molecule is CC(C)(C)c1ccc(Nc2cc3sc4ccccc4c3cc2-c2c3c4c(c5cc6c(cc5n4-c4cc5oc(-c7ccccc7)nc5cc4B3)C(C)(C)CCC6(C)C)c3c2sc2ccccc23)cc1. The number of hydrogen-bond donors (Lipinski definition) is 1. The number of fused-ring (bicyclic) bond motifs is 14. The first-order valence-electron chi connectivity index (χ1n) is 24.1. The average Bonchev–Trinajstić information content (AvgIpc) is 4.10. The number of rotatable bonds is 4. The first-order valence-corrected chi connectivity index (χ1v) is 25.7. The largest absolute Gasteiger partial charge is 0.436 e. The van der Waals surface area contributed by atoms with Gasteiger partial charge in [-0.3, -0.25) is 0 Å². The highest BCUT2D eigenvalue weighted by Crippen LogP contribution is 2.53. The molecule has 330 valence electrons. The van der Waals surface area contributed by atoms with Crippen molar-refractivity contribution in [1.82, 2.24) is 9.55 Å². The summed E-state index contributed by atoms with van der Waals surface area (Å²) >= 11 is 3.83. The van der Waals surface area contributed by atoms with Crippen LogP contribution in [0.1, 0.15) is 78.0 Å². The lowest BCUT2D eigenvalue weighted by molar-refractivity contribution is 0.332. The third kappa shape index (κ3) is 5.82. The Labute approximate surface area is 404 Å². The molecule has 1 N–H and O–H groups in total. The van der Waals surface area contributed by atoms with Gasteiger partial charge in [0.2, 0.25) is 5.89 Å². The Kier molecular flexibility index (Phi) is 8.30. The number of aromatic nitrogens is 2. The summed E-state index contributed by atoms with van der Waals surface area (Å²) in [7, 11) is 0.754. The highest BCUT2D eigenvalue weighted by atomic mass is 32.1. The molecule has 1 aliphatic heterocycles. The molecule has 5 heterocycles. The molecule has 14 rings (SSSR count). The minimum absolute atomic E-state index is 0.0372. The molecule has 1 aliphatic carbocycles. The summed E-state index contributed by atoms with van der Waals surface area (Å²) in [5.41, 5.74) is 18.2. The van der Waals surface area contributed by atoms with Crippen molar-refractivity contribution in [2.75, 3.05) is 5.32 Å². The van der Waals surface area contributed by atoms with Crippen LogP contribution in [0.4, 0.5) is 11.4 Å². The van der Waals surface area contributed by atoms with Gasteiger partial charge in [0.1, 0.15) is 5.52 Å². The van der Waals surface area contributed by atoms with E-state index in [9.17, 15) is 0 Å². The van der Waals surface area contributed by atoms with Crippen molar-refractivity contribution < 1.29 is 4.42 Å². The van der Waals surface area contributed by atoms with Gasteiger partial charge in [-0.25, -0.2) is 4.98 Å². The van der Waals surface area contributed by atoms with Crippen molar-refractivity contribution in [3.05, 3.63) is 156 Å². The highest BCUT2D eigenvalue weighted by molar-refractivity contribution is 7.27. The minimum atomic E-state index is 0.0372. The minimum Gasteiger partial charge on any atom is -0.436 e. The molecule has 4 nitrogen and oxygen atoms in total. The quantitative estimate of drug-likeness (QED) is 0.179. The molecule has 8 aromatic carbocycles. The fourth-order valence-electron chi connectivity index (χ4n) is 11.9. The average molecular weight is 916 g/mol.